The van der Waals surface area contributed by atoms with Crippen LogP contribution in [0.4, 0.5) is 0 Å². The zero-order valence-electron chi connectivity index (χ0n) is 8.82. The Labute approximate surface area is 88.5 Å². The summed E-state index contributed by atoms with van der Waals surface area (Å²) in [6.45, 7) is 0.487. The molecule has 4 N–H and O–H groups in total. The normalized spacial score (nSPS) is 19.4. The van der Waals surface area contributed by atoms with Gasteiger partial charge in [0.2, 0.25) is 5.91 Å². The summed E-state index contributed by atoms with van der Waals surface area (Å²) in [5.74, 6) is -0.346. The Kier molecular flexibility index (Phi) is 3.90. The molecule has 6 heteroatoms. The second kappa shape index (κ2) is 4.97. The quantitative estimate of drug-likeness (QED) is 0.256. The highest BCUT2D eigenvalue weighted by atomic mass is 16.5. The number of carbonyl (C=O) groups is 1. The summed E-state index contributed by atoms with van der Waals surface area (Å²) in [4.78, 5) is 11.3. The fourth-order valence-corrected chi connectivity index (χ4v) is 1.55. The van der Waals surface area contributed by atoms with Crippen LogP contribution in [0.5, 0.6) is 0 Å². The zero-order chi connectivity index (χ0) is 11.3. The minimum Gasteiger partial charge on any atom is -0.409 e. The van der Waals surface area contributed by atoms with Crippen molar-refractivity contribution in [2.24, 2.45) is 10.9 Å². The van der Waals surface area contributed by atoms with Crippen LogP contribution in [0.25, 0.3) is 0 Å². The van der Waals surface area contributed by atoms with E-state index in [1.54, 1.807) is 7.11 Å². The number of oxime groups is 1. The van der Waals surface area contributed by atoms with Crippen LogP contribution in [0.15, 0.2) is 5.16 Å². The lowest BCUT2D eigenvalue weighted by molar-refractivity contribution is -0.123. The van der Waals surface area contributed by atoms with Crippen molar-refractivity contribution < 1.29 is 14.7 Å². The molecule has 0 atom stereocenters. The van der Waals surface area contributed by atoms with E-state index in [9.17, 15) is 4.79 Å². The molecule has 86 valence electrons. The van der Waals surface area contributed by atoms with Gasteiger partial charge in [-0.2, -0.15) is 0 Å². The Morgan fingerprint density at radius 2 is 2.33 bits per heavy atom. The highest BCUT2D eigenvalue weighted by Gasteiger charge is 2.37. The van der Waals surface area contributed by atoms with E-state index in [2.05, 4.69) is 10.5 Å². The minimum absolute atomic E-state index is 0.0870. The molecule has 0 aromatic carbocycles. The van der Waals surface area contributed by atoms with Crippen LogP contribution in [0.2, 0.25) is 0 Å². The second-order valence-electron chi connectivity index (χ2n) is 3.79. The lowest BCUT2D eigenvalue weighted by atomic mass is 9.80. The maximum absolute atomic E-state index is 11.3. The molecule has 0 spiro atoms. The molecular formula is C9H17N3O3. The first kappa shape index (κ1) is 11.8. The number of nitrogens with two attached hydrogens (primary N) is 1. The molecule has 1 aliphatic carbocycles. The largest absolute Gasteiger partial charge is 0.409 e. The molecule has 0 aromatic heterocycles. The van der Waals surface area contributed by atoms with Crippen LogP contribution in [0, 0.1) is 0 Å². The number of methoxy groups -OCH3 is 1. The molecule has 0 saturated heterocycles. The van der Waals surface area contributed by atoms with Crippen molar-refractivity contribution in [3.63, 3.8) is 0 Å². The molecule has 0 unspecified atom stereocenters. The SMILES string of the molecule is COC1(CNC(=O)CC(N)=NO)CCC1. The summed E-state index contributed by atoms with van der Waals surface area (Å²) in [5.41, 5.74) is 5.01. The third-order valence-electron chi connectivity index (χ3n) is 2.78. The van der Waals surface area contributed by atoms with Crippen molar-refractivity contribution in [1.29, 1.82) is 0 Å². The molecule has 6 nitrogen and oxygen atoms in total. The Morgan fingerprint density at radius 3 is 2.73 bits per heavy atom. The van der Waals surface area contributed by atoms with Crippen molar-refractivity contribution in [3.05, 3.63) is 0 Å². The third-order valence-corrected chi connectivity index (χ3v) is 2.78. The van der Waals surface area contributed by atoms with Crippen LogP contribution in [-0.2, 0) is 9.53 Å². The second-order valence-corrected chi connectivity index (χ2v) is 3.79. The molecule has 0 bridgehead atoms. The molecule has 1 saturated carbocycles. The van der Waals surface area contributed by atoms with Gasteiger partial charge in [0.25, 0.3) is 0 Å². The Balaban J connectivity index is 2.27. The van der Waals surface area contributed by atoms with Gasteiger partial charge in [-0.05, 0) is 19.3 Å². The molecule has 0 aliphatic heterocycles. The average Bonchev–Trinajstić information content (AvgIpc) is 2.16. The number of hydrogen-bond donors (Lipinski definition) is 3. The number of nitrogens with zero attached hydrogens (tertiary/aromatic N) is 1. The number of amides is 1. The molecular weight excluding hydrogens is 198 g/mol. The molecule has 0 aromatic rings. The fraction of sp³-hybridized carbons (Fsp3) is 0.778. The van der Waals surface area contributed by atoms with Gasteiger partial charge in [-0.25, -0.2) is 0 Å². The van der Waals surface area contributed by atoms with Gasteiger partial charge in [-0.3, -0.25) is 4.79 Å². The summed E-state index contributed by atoms with van der Waals surface area (Å²) in [6.07, 6.45) is 2.97. The molecule has 0 heterocycles. The van der Waals surface area contributed by atoms with E-state index in [0.29, 0.717) is 6.54 Å². The smallest absolute Gasteiger partial charge is 0.227 e. The van der Waals surface area contributed by atoms with E-state index in [1.807, 2.05) is 0 Å². The van der Waals surface area contributed by atoms with Crippen molar-refractivity contribution in [3.8, 4) is 0 Å². The minimum atomic E-state index is -0.256. The maximum atomic E-state index is 11.3. The first-order valence-corrected chi connectivity index (χ1v) is 4.90. The van der Waals surface area contributed by atoms with E-state index in [0.717, 1.165) is 19.3 Å². The molecule has 1 aliphatic rings. The molecule has 1 rings (SSSR count). The molecule has 15 heavy (non-hydrogen) atoms. The highest BCUT2D eigenvalue weighted by molar-refractivity contribution is 5.98. The van der Waals surface area contributed by atoms with Gasteiger partial charge < -0.3 is 21.0 Å². The summed E-state index contributed by atoms with van der Waals surface area (Å²) < 4.78 is 5.33. The predicted molar refractivity (Wildman–Crippen MR) is 54.6 cm³/mol. The maximum Gasteiger partial charge on any atom is 0.227 e. The predicted octanol–water partition coefficient (Wildman–Crippen LogP) is -0.192. The number of hydrogen-bond acceptors (Lipinski definition) is 4. The van der Waals surface area contributed by atoms with Gasteiger partial charge in [-0.1, -0.05) is 5.16 Å². The van der Waals surface area contributed by atoms with Crippen LogP contribution in [0.1, 0.15) is 25.7 Å². The first-order chi connectivity index (χ1) is 7.12. The first-order valence-electron chi connectivity index (χ1n) is 4.90. The van der Waals surface area contributed by atoms with E-state index in [-0.39, 0.29) is 23.8 Å². The van der Waals surface area contributed by atoms with Crippen molar-refractivity contribution in [2.45, 2.75) is 31.3 Å². The monoisotopic (exact) mass is 215 g/mol. The summed E-state index contributed by atoms with van der Waals surface area (Å²) >= 11 is 0. The standard InChI is InChI=1S/C9H17N3O3/c1-15-9(3-2-4-9)6-11-8(13)5-7(10)12-14/h14H,2-6H2,1H3,(H2,10,12)(H,11,13). The zero-order valence-corrected chi connectivity index (χ0v) is 8.82. The van der Waals surface area contributed by atoms with E-state index >= 15 is 0 Å². The van der Waals surface area contributed by atoms with Gasteiger partial charge in [0.05, 0.1) is 12.0 Å². The molecule has 0 radical (unpaired) electrons. The van der Waals surface area contributed by atoms with Crippen LogP contribution in [0.3, 0.4) is 0 Å². The van der Waals surface area contributed by atoms with Crippen molar-refractivity contribution in [2.75, 3.05) is 13.7 Å². The Morgan fingerprint density at radius 1 is 1.67 bits per heavy atom. The van der Waals surface area contributed by atoms with Crippen LogP contribution in [-0.4, -0.2) is 36.2 Å². The van der Waals surface area contributed by atoms with Gasteiger partial charge in [0, 0.05) is 13.7 Å². The topological polar surface area (TPSA) is 96.9 Å². The molecule has 1 fully saturated rings. The lowest BCUT2D eigenvalue weighted by Crippen LogP contribution is -2.49. The number of nitrogens with one attached hydrogen (secondary N) is 1. The lowest BCUT2D eigenvalue weighted by Gasteiger charge is -2.40. The van der Waals surface area contributed by atoms with Gasteiger partial charge in [0.15, 0.2) is 0 Å². The van der Waals surface area contributed by atoms with Gasteiger partial charge in [0.1, 0.15) is 5.84 Å². The van der Waals surface area contributed by atoms with Gasteiger partial charge >= 0.3 is 0 Å². The van der Waals surface area contributed by atoms with Crippen molar-refractivity contribution in [1.82, 2.24) is 5.32 Å². The summed E-state index contributed by atoms with van der Waals surface area (Å²) in [5, 5.41) is 13.7. The van der Waals surface area contributed by atoms with E-state index in [4.69, 9.17) is 15.7 Å². The highest BCUT2D eigenvalue weighted by Crippen LogP contribution is 2.34. The average molecular weight is 215 g/mol. The fourth-order valence-electron chi connectivity index (χ4n) is 1.55. The summed E-state index contributed by atoms with van der Waals surface area (Å²) in [7, 11) is 1.65. The summed E-state index contributed by atoms with van der Waals surface area (Å²) in [6, 6.07) is 0. The van der Waals surface area contributed by atoms with Gasteiger partial charge in [-0.15, -0.1) is 0 Å². The number of carbonyl (C=O) groups excluding carboxylic acids is 1. The number of rotatable bonds is 5. The van der Waals surface area contributed by atoms with Crippen LogP contribution >= 0.6 is 0 Å². The third kappa shape index (κ3) is 3.09. The van der Waals surface area contributed by atoms with E-state index in [1.165, 1.54) is 0 Å². The van der Waals surface area contributed by atoms with Crippen molar-refractivity contribution >= 4 is 11.7 Å². The Hall–Kier alpha value is -1.30. The number of ether oxygens (including phenoxy) is 1. The number of amidine groups is 1. The Bertz CT molecular complexity index is 256. The van der Waals surface area contributed by atoms with Crippen LogP contribution < -0.4 is 11.1 Å². The molecule has 1 amide bonds. The van der Waals surface area contributed by atoms with E-state index < -0.39 is 0 Å².